The summed E-state index contributed by atoms with van der Waals surface area (Å²) in [5.41, 5.74) is 3.84. The third-order valence-corrected chi connectivity index (χ3v) is 4.57. The summed E-state index contributed by atoms with van der Waals surface area (Å²) in [6.07, 6.45) is 3.35. The number of hydrogen-bond donors (Lipinski definition) is 1. The molecule has 2 aromatic carbocycles. The molecule has 0 saturated heterocycles. The van der Waals surface area contributed by atoms with Crippen LogP contribution in [0, 0.1) is 12.7 Å². The number of rotatable bonds is 5. The number of nitrogens with zero attached hydrogens (tertiary/aromatic N) is 3. The zero-order valence-electron chi connectivity index (χ0n) is 15.8. The van der Waals surface area contributed by atoms with Gasteiger partial charge in [0, 0.05) is 24.5 Å². The minimum atomic E-state index is -0.384. The van der Waals surface area contributed by atoms with E-state index >= 15 is 0 Å². The van der Waals surface area contributed by atoms with Gasteiger partial charge in [0.25, 0.3) is 5.91 Å². The molecular formula is C23H19FN4O. The van der Waals surface area contributed by atoms with Gasteiger partial charge >= 0.3 is 0 Å². The lowest BCUT2D eigenvalue weighted by atomic mass is 10.1. The number of hydrogen-bond acceptors (Lipinski definition) is 3. The van der Waals surface area contributed by atoms with E-state index < -0.39 is 0 Å². The molecule has 144 valence electrons. The highest BCUT2D eigenvalue weighted by Gasteiger charge is 2.19. The molecule has 0 bridgehead atoms. The zero-order valence-corrected chi connectivity index (χ0v) is 15.8. The monoisotopic (exact) mass is 386 g/mol. The molecular weight excluding hydrogens is 367 g/mol. The summed E-state index contributed by atoms with van der Waals surface area (Å²) in [6, 6.07) is 19.3. The fraction of sp³-hybridized carbons (Fsp3) is 0.0870. The highest BCUT2D eigenvalue weighted by atomic mass is 19.1. The smallest absolute Gasteiger partial charge is 0.270 e. The Kier molecular flexibility index (Phi) is 5.16. The highest BCUT2D eigenvalue weighted by molar-refractivity contribution is 5.94. The molecule has 0 aliphatic rings. The summed E-state index contributed by atoms with van der Waals surface area (Å²) >= 11 is 0. The lowest BCUT2D eigenvalue weighted by molar-refractivity contribution is 0.0943. The zero-order chi connectivity index (χ0) is 20.2. The predicted octanol–water partition coefficient (Wildman–Crippen LogP) is 4.31. The topological polar surface area (TPSA) is 59.8 Å². The van der Waals surface area contributed by atoms with Gasteiger partial charge in [0.05, 0.1) is 11.4 Å². The van der Waals surface area contributed by atoms with Crippen LogP contribution < -0.4 is 5.32 Å². The van der Waals surface area contributed by atoms with E-state index in [2.05, 4.69) is 15.4 Å². The SMILES string of the molecule is Cc1ccc(-n2nc(-c3ccccc3F)cc2C(=O)NCc2ccncc2)cc1. The third kappa shape index (κ3) is 4.06. The number of carbonyl (C=O) groups is 1. The molecule has 2 aromatic heterocycles. The van der Waals surface area contributed by atoms with Gasteiger partial charge in [-0.15, -0.1) is 0 Å². The Balaban J connectivity index is 1.71. The molecule has 0 radical (unpaired) electrons. The Morgan fingerprint density at radius 2 is 1.76 bits per heavy atom. The van der Waals surface area contributed by atoms with E-state index in [1.807, 2.05) is 43.3 Å². The summed E-state index contributed by atoms with van der Waals surface area (Å²) in [6.45, 7) is 2.34. The fourth-order valence-electron chi connectivity index (χ4n) is 3.00. The normalized spacial score (nSPS) is 10.7. The first kappa shape index (κ1) is 18.6. The van der Waals surface area contributed by atoms with Crippen LogP contribution in [0.15, 0.2) is 79.1 Å². The van der Waals surface area contributed by atoms with Crippen molar-refractivity contribution in [2.24, 2.45) is 0 Å². The summed E-state index contributed by atoms with van der Waals surface area (Å²) < 4.78 is 15.8. The standard InChI is InChI=1S/C23H19FN4O/c1-16-6-8-18(9-7-16)28-22(23(29)26-15-17-10-12-25-13-11-17)14-21(27-28)19-4-2-3-5-20(19)24/h2-14H,15H2,1H3,(H,26,29). The first-order valence-electron chi connectivity index (χ1n) is 9.21. The molecule has 2 heterocycles. The minimum Gasteiger partial charge on any atom is -0.347 e. The van der Waals surface area contributed by atoms with Crippen LogP contribution in [-0.4, -0.2) is 20.7 Å². The van der Waals surface area contributed by atoms with Crippen molar-refractivity contribution in [2.45, 2.75) is 13.5 Å². The Morgan fingerprint density at radius 3 is 2.48 bits per heavy atom. The molecule has 0 unspecified atom stereocenters. The second-order valence-electron chi connectivity index (χ2n) is 6.68. The summed E-state index contributed by atoms with van der Waals surface area (Å²) in [5, 5.41) is 7.42. The van der Waals surface area contributed by atoms with Crippen molar-refractivity contribution in [1.82, 2.24) is 20.1 Å². The number of halogens is 1. The van der Waals surface area contributed by atoms with Crippen LogP contribution in [0.4, 0.5) is 4.39 Å². The lowest BCUT2D eigenvalue weighted by Gasteiger charge is -2.09. The Hall–Kier alpha value is -3.80. The molecule has 1 amide bonds. The van der Waals surface area contributed by atoms with Crippen LogP contribution in [0.3, 0.4) is 0 Å². The lowest BCUT2D eigenvalue weighted by Crippen LogP contribution is -2.25. The maximum absolute atomic E-state index is 14.3. The van der Waals surface area contributed by atoms with E-state index in [1.54, 1.807) is 41.3 Å². The molecule has 0 atom stereocenters. The predicted molar refractivity (Wildman–Crippen MR) is 109 cm³/mol. The molecule has 0 saturated carbocycles. The van der Waals surface area contributed by atoms with Crippen LogP contribution >= 0.6 is 0 Å². The van der Waals surface area contributed by atoms with Gasteiger partial charge in [0.1, 0.15) is 11.5 Å². The summed E-state index contributed by atoms with van der Waals surface area (Å²) in [4.78, 5) is 16.9. The number of aryl methyl sites for hydroxylation is 1. The van der Waals surface area contributed by atoms with E-state index in [1.165, 1.54) is 6.07 Å². The van der Waals surface area contributed by atoms with Gasteiger partial charge in [-0.25, -0.2) is 9.07 Å². The molecule has 29 heavy (non-hydrogen) atoms. The third-order valence-electron chi connectivity index (χ3n) is 4.57. The maximum atomic E-state index is 14.3. The van der Waals surface area contributed by atoms with Crippen LogP contribution in [0.2, 0.25) is 0 Å². The van der Waals surface area contributed by atoms with Crippen LogP contribution in [0.25, 0.3) is 16.9 Å². The number of amides is 1. The van der Waals surface area contributed by atoms with E-state index in [-0.39, 0.29) is 11.7 Å². The van der Waals surface area contributed by atoms with Crippen molar-refractivity contribution in [1.29, 1.82) is 0 Å². The van der Waals surface area contributed by atoms with Gasteiger partial charge in [-0.2, -0.15) is 5.10 Å². The van der Waals surface area contributed by atoms with Crippen molar-refractivity contribution in [3.63, 3.8) is 0 Å². The van der Waals surface area contributed by atoms with Gasteiger partial charge in [-0.1, -0.05) is 29.8 Å². The van der Waals surface area contributed by atoms with Crippen molar-refractivity contribution >= 4 is 5.91 Å². The minimum absolute atomic E-state index is 0.294. The first-order chi connectivity index (χ1) is 14.1. The molecule has 4 rings (SSSR count). The molecule has 1 N–H and O–H groups in total. The fourth-order valence-corrected chi connectivity index (χ4v) is 3.00. The van der Waals surface area contributed by atoms with Gasteiger partial charge in [0.15, 0.2) is 0 Å². The quantitative estimate of drug-likeness (QED) is 0.556. The van der Waals surface area contributed by atoms with Crippen molar-refractivity contribution in [3.05, 3.63) is 102 Å². The Morgan fingerprint density at radius 1 is 1.03 bits per heavy atom. The van der Waals surface area contributed by atoms with Crippen molar-refractivity contribution in [2.75, 3.05) is 0 Å². The number of benzene rings is 2. The van der Waals surface area contributed by atoms with Gasteiger partial charge < -0.3 is 5.32 Å². The molecule has 0 fully saturated rings. The number of nitrogens with one attached hydrogen (secondary N) is 1. The average Bonchev–Trinajstić information content (AvgIpc) is 3.19. The van der Waals surface area contributed by atoms with E-state index in [9.17, 15) is 9.18 Å². The Bertz CT molecular complexity index is 1140. The second kappa shape index (κ2) is 8.06. The molecule has 6 heteroatoms. The van der Waals surface area contributed by atoms with E-state index in [0.717, 1.165) is 16.8 Å². The second-order valence-corrected chi connectivity index (χ2v) is 6.68. The number of carbonyl (C=O) groups excluding carboxylic acids is 1. The van der Waals surface area contributed by atoms with E-state index in [4.69, 9.17) is 0 Å². The molecule has 4 aromatic rings. The number of pyridine rings is 1. The van der Waals surface area contributed by atoms with Crippen LogP contribution in [0.5, 0.6) is 0 Å². The maximum Gasteiger partial charge on any atom is 0.270 e. The molecule has 0 aliphatic carbocycles. The Labute approximate surface area is 167 Å². The van der Waals surface area contributed by atoms with Gasteiger partial charge in [-0.05, 0) is 55.0 Å². The number of aromatic nitrogens is 3. The van der Waals surface area contributed by atoms with Crippen molar-refractivity contribution in [3.8, 4) is 16.9 Å². The molecule has 0 spiro atoms. The summed E-state index contributed by atoms with van der Waals surface area (Å²) in [7, 11) is 0. The van der Waals surface area contributed by atoms with Crippen molar-refractivity contribution < 1.29 is 9.18 Å². The molecule has 0 aliphatic heterocycles. The van der Waals surface area contributed by atoms with E-state index in [0.29, 0.717) is 23.5 Å². The average molecular weight is 386 g/mol. The highest BCUT2D eigenvalue weighted by Crippen LogP contribution is 2.24. The molecule has 5 nitrogen and oxygen atoms in total. The van der Waals surface area contributed by atoms with Crippen LogP contribution in [0.1, 0.15) is 21.6 Å². The first-order valence-corrected chi connectivity index (χ1v) is 9.21. The largest absolute Gasteiger partial charge is 0.347 e. The summed E-state index contributed by atoms with van der Waals surface area (Å²) in [5.74, 6) is -0.678. The van der Waals surface area contributed by atoms with Gasteiger partial charge in [-0.3, -0.25) is 9.78 Å². The van der Waals surface area contributed by atoms with Crippen LogP contribution in [-0.2, 0) is 6.54 Å². The van der Waals surface area contributed by atoms with Gasteiger partial charge in [0.2, 0.25) is 0 Å².